The van der Waals surface area contributed by atoms with E-state index in [1.165, 1.54) is 30.4 Å². The molecule has 82 valence electrons. The summed E-state index contributed by atoms with van der Waals surface area (Å²) in [6, 6.07) is 6.49. The standard InChI is InChI=1S/C13H19NO/c1-14-9-11-5-3-4-10-6-7-12(15-2)8-13(10)11/h6-8,11,14H,3-5,9H2,1-2H3. The van der Waals surface area contributed by atoms with Crippen LogP contribution in [0, 0.1) is 0 Å². The van der Waals surface area contributed by atoms with Gasteiger partial charge < -0.3 is 10.1 Å². The topological polar surface area (TPSA) is 21.3 Å². The van der Waals surface area contributed by atoms with Gasteiger partial charge in [0.25, 0.3) is 0 Å². The van der Waals surface area contributed by atoms with Crippen LogP contribution in [-0.2, 0) is 6.42 Å². The van der Waals surface area contributed by atoms with Crippen LogP contribution in [0.5, 0.6) is 5.75 Å². The first kappa shape index (κ1) is 10.5. The van der Waals surface area contributed by atoms with Crippen LogP contribution in [0.4, 0.5) is 0 Å². The van der Waals surface area contributed by atoms with Gasteiger partial charge >= 0.3 is 0 Å². The summed E-state index contributed by atoms with van der Waals surface area (Å²) in [4.78, 5) is 0. The first-order valence-electron chi connectivity index (χ1n) is 5.66. The molecule has 1 aliphatic carbocycles. The minimum atomic E-state index is 0.661. The van der Waals surface area contributed by atoms with E-state index < -0.39 is 0 Å². The molecule has 2 rings (SSSR count). The number of benzene rings is 1. The highest BCUT2D eigenvalue weighted by Crippen LogP contribution is 2.33. The first-order valence-corrected chi connectivity index (χ1v) is 5.66. The summed E-state index contributed by atoms with van der Waals surface area (Å²) in [7, 11) is 3.76. The van der Waals surface area contributed by atoms with Crippen LogP contribution in [0.2, 0.25) is 0 Å². The molecule has 0 saturated carbocycles. The molecule has 1 N–H and O–H groups in total. The minimum Gasteiger partial charge on any atom is -0.497 e. The average molecular weight is 205 g/mol. The number of methoxy groups -OCH3 is 1. The van der Waals surface area contributed by atoms with Crippen molar-refractivity contribution in [2.24, 2.45) is 0 Å². The number of ether oxygens (including phenoxy) is 1. The van der Waals surface area contributed by atoms with E-state index in [1.54, 1.807) is 7.11 Å². The molecule has 0 bridgehead atoms. The maximum Gasteiger partial charge on any atom is 0.119 e. The van der Waals surface area contributed by atoms with Crippen LogP contribution in [0.3, 0.4) is 0 Å². The predicted molar refractivity (Wildman–Crippen MR) is 62.6 cm³/mol. The summed E-state index contributed by atoms with van der Waals surface area (Å²) >= 11 is 0. The summed E-state index contributed by atoms with van der Waals surface area (Å²) in [5.41, 5.74) is 2.98. The third-order valence-electron chi connectivity index (χ3n) is 3.24. The molecule has 1 aromatic rings. The summed E-state index contributed by atoms with van der Waals surface area (Å²) in [5.74, 6) is 1.64. The van der Waals surface area contributed by atoms with Crippen molar-refractivity contribution >= 4 is 0 Å². The Hall–Kier alpha value is -1.02. The van der Waals surface area contributed by atoms with Crippen molar-refractivity contribution in [2.45, 2.75) is 25.2 Å². The van der Waals surface area contributed by atoms with Crippen molar-refractivity contribution in [2.75, 3.05) is 20.7 Å². The van der Waals surface area contributed by atoms with Gasteiger partial charge in [-0.3, -0.25) is 0 Å². The number of fused-ring (bicyclic) bond motifs is 1. The SMILES string of the molecule is CNCC1CCCc2ccc(OC)cc21. The van der Waals surface area contributed by atoms with Crippen molar-refractivity contribution in [1.82, 2.24) is 5.32 Å². The van der Waals surface area contributed by atoms with Crippen LogP contribution in [0.1, 0.15) is 29.9 Å². The molecule has 1 atom stereocenters. The normalized spacial score (nSPS) is 19.7. The number of rotatable bonds is 3. The Morgan fingerprint density at radius 3 is 3.07 bits per heavy atom. The van der Waals surface area contributed by atoms with Gasteiger partial charge in [-0.25, -0.2) is 0 Å². The van der Waals surface area contributed by atoms with Crippen molar-refractivity contribution < 1.29 is 4.74 Å². The van der Waals surface area contributed by atoms with Gasteiger partial charge in [0, 0.05) is 6.54 Å². The van der Waals surface area contributed by atoms with Crippen LogP contribution < -0.4 is 10.1 Å². The predicted octanol–water partition coefficient (Wildman–Crippen LogP) is 2.33. The molecule has 2 heteroatoms. The summed E-state index contributed by atoms with van der Waals surface area (Å²) < 4.78 is 5.29. The number of hydrogen-bond donors (Lipinski definition) is 1. The lowest BCUT2D eigenvalue weighted by Crippen LogP contribution is -2.21. The molecule has 0 radical (unpaired) electrons. The van der Waals surface area contributed by atoms with E-state index in [1.807, 2.05) is 7.05 Å². The third-order valence-corrected chi connectivity index (χ3v) is 3.24. The summed E-state index contributed by atoms with van der Waals surface area (Å²) in [6.45, 7) is 1.07. The zero-order valence-electron chi connectivity index (χ0n) is 9.55. The van der Waals surface area contributed by atoms with Gasteiger partial charge in [0.2, 0.25) is 0 Å². The molecule has 1 aromatic carbocycles. The van der Waals surface area contributed by atoms with Gasteiger partial charge in [0.1, 0.15) is 5.75 Å². The Bertz CT molecular complexity index is 335. The van der Waals surface area contributed by atoms with Gasteiger partial charge in [-0.15, -0.1) is 0 Å². The molecule has 0 spiro atoms. The van der Waals surface area contributed by atoms with E-state index >= 15 is 0 Å². The summed E-state index contributed by atoms with van der Waals surface area (Å²) in [5, 5.41) is 3.27. The van der Waals surface area contributed by atoms with Crippen LogP contribution >= 0.6 is 0 Å². The average Bonchev–Trinajstić information content (AvgIpc) is 2.29. The Morgan fingerprint density at radius 1 is 1.47 bits per heavy atom. The fraction of sp³-hybridized carbons (Fsp3) is 0.538. The molecule has 0 saturated heterocycles. The zero-order valence-corrected chi connectivity index (χ0v) is 9.55. The van der Waals surface area contributed by atoms with E-state index in [-0.39, 0.29) is 0 Å². The molecule has 1 unspecified atom stereocenters. The fourth-order valence-corrected chi connectivity index (χ4v) is 2.46. The molecular formula is C13H19NO. The first-order chi connectivity index (χ1) is 7.35. The fourth-order valence-electron chi connectivity index (χ4n) is 2.46. The van der Waals surface area contributed by atoms with Crippen molar-refractivity contribution in [3.05, 3.63) is 29.3 Å². The Labute approximate surface area is 91.6 Å². The van der Waals surface area contributed by atoms with E-state index in [9.17, 15) is 0 Å². The Balaban J connectivity index is 2.30. The van der Waals surface area contributed by atoms with Crippen molar-refractivity contribution in [1.29, 1.82) is 0 Å². The minimum absolute atomic E-state index is 0.661. The molecule has 0 fully saturated rings. The Kier molecular flexibility index (Phi) is 3.27. The molecule has 15 heavy (non-hydrogen) atoms. The Morgan fingerprint density at radius 2 is 2.33 bits per heavy atom. The van der Waals surface area contributed by atoms with Gasteiger partial charge in [0.05, 0.1) is 7.11 Å². The van der Waals surface area contributed by atoms with Crippen molar-refractivity contribution in [3.8, 4) is 5.75 Å². The second-order valence-electron chi connectivity index (χ2n) is 4.21. The van der Waals surface area contributed by atoms with Gasteiger partial charge in [-0.2, -0.15) is 0 Å². The number of nitrogens with one attached hydrogen (secondary N) is 1. The quantitative estimate of drug-likeness (QED) is 0.817. The van der Waals surface area contributed by atoms with Gasteiger partial charge in [-0.05, 0) is 55.5 Å². The monoisotopic (exact) mass is 205 g/mol. The van der Waals surface area contributed by atoms with Crippen LogP contribution in [-0.4, -0.2) is 20.7 Å². The smallest absolute Gasteiger partial charge is 0.119 e. The van der Waals surface area contributed by atoms with Gasteiger partial charge in [-0.1, -0.05) is 6.07 Å². The lowest BCUT2D eigenvalue weighted by molar-refractivity contribution is 0.412. The van der Waals surface area contributed by atoms with E-state index in [0.29, 0.717) is 5.92 Å². The lowest BCUT2D eigenvalue weighted by atomic mass is 9.82. The number of hydrogen-bond acceptors (Lipinski definition) is 2. The molecular weight excluding hydrogens is 186 g/mol. The van der Waals surface area contributed by atoms with E-state index in [4.69, 9.17) is 4.74 Å². The van der Waals surface area contributed by atoms with E-state index in [2.05, 4.69) is 23.5 Å². The van der Waals surface area contributed by atoms with E-state index in [0.717, 1.165) is 12.3 Å². The van der Waals surface area contributed by atoms with Crippen molar-refractivity contribution in [3.63, 3.8) is 0 Å². The maximum absolute atomic E-state index is 5.29. The molecule has 2 nitrogen and oxygen atoms in total. The second kappa shape index (κ2) is 4.67. The zero-order chi connectivity index (χ0) is 10.7. The largest absolute Gasteiger partial charge is 0.497 e. The molecule has 0 amide bonds. The third kappa shape index (κ3) is 2.15. The summed E-state index contributed by atoms with van der Waals surface area (Å²) in [6.07, 6.45) is 3.83. The molecule has 0 heterocycles. The second-order valence-corrected chi connectivity index (χ2v) is 4.21. The highest BCUT2D eigenvalue weighted by Gasteiger charge is 2.19. The number of likely N-dealkylation sites (N-methyl/N-ethyl adjacent to an activating group) is 1. The molecule has 0 aliphatic heterocycles. The highest BCUT2D eigenvalue weighted by molar-refractivity contribution is 5.39. The van der Waals surface area contributed by atoms with Gasteiger partial charge in [0.15, 0.2) is 0 Å². The van der Waals surface area contributed by atoms with Crippen LogP contribution in [0.25, 0.3) is 0 Å². The van der Waals surface area contributed by atoms with Crippen LogP contribution in [0.15, 0.2) is 18.2 Å². The highest BCUT2D eigenvalue weighted by atomic mass is 16.5. The maximum atomic E-state index is 5.29. The lowest BCUT2D eigenvalue weighted by Gasteiger charge is -2.25. The molecule has 1 aliphatic rings. The number of aryl methyl sites for hydroxylation is 1. The molecule has 0 aromatic heterocycles.